The Morgan fingerprint density at radius 1 is 1.30 bits per heavy atom. The van der Waals surface area contributed by atoms with Gasteiger partial charge in [0, 0.05) is 11.3 Å². The molecule has 3 rings (SSSR count). The minimum absolute atomic E-state index is 0.185. The molecule has 1 aliphatic rings. The average molecular weight is 406 g/mol. The second-order valence-corrected chi connectivity index (χ2v) is 8.77. The highest BCUT2D eigenvalue weighted by Gasteiger charge is 2.30. The van der Waals surface area contributed by atoms with Gasteiger partial charge >= 0.3 is 5.97 Å². The van der Waals surface area contributed by atoms with Crippen LogP contribution in [0.4, 0.5) is 5.00 Å². The molecule has 144 valence electrons. The Labute approximate surface area is 168 Å². The zero-order valence-electron chi connectivity index (χ0n) is 15.9. The molecule has 0 spiro atoms. The van der Waals surface area contributed by atoms with Crippen LogP contribution in [0.1, 0.15) is 45.0 Å². The van der Waals surface area contributed by atoms with E-state index in [-0.39, 0.29) is 11.9 Å². The molecule has 2 N–H and O–H groups in total. The molecule has 0 fully saturated rings. The molecule has 1 aromatic carbocycles. The summed E-state index contributed by atoms with van der Waals surface area (Å²) in [6.45, 7) is 7.16. The summed E-state index contributed by atoms with van der Waals surface area (Å²) in [5.41, 5.74) is 2.20. The number of carbonyl (C=O) groups is 2. The van der Waals surface area contributed by atoms with Gasteiger partial charge in [-0.2, -0.15) is 0 Å². The van der Waals surface area contributed by atoms with Crippen LogP contribution in [0.15, 0.2) is 29.2 Å². The van der Waals surface area contributed by atoms with E-state index >= 15 is 0 Å². The van der Waals surface area contributed by atoms with E-state index in [1.165, 1.54) is 28.2 Å². The van der Waals surface area contributed by atoms with Crippen LogP contribution in [0.5, 0.6) is 0 Å². The Morgan fingerprint density at radius 3 is 2.78 bits per heavy atom. The molecule has 1 unspecified atom stereocenters. The zero-order valence-corrected chi connectivity index (χ0v) is 17.5. The summed E-state index contributed by atoms with van der Waals surface area (Å²) < 4.78 is 5.01. The molecule has 0 saturated carbocycles. The number of likely N-dealkylation sites (N-methyl/N-ethyl adjacent to an activating group) is 1. The lowest BCUT2D eigenvalue weighted by molar-refractivity contribution is -0.913. The lowest BCUT2D eigenvalue weighted by Gasteiger charge is -2.22. The Bertz CT molecular complexity index is 848. The van der Waals surface area contributed by atoms with Crippen molar-refractivity contribution in [3.05, 3.63) is 45.8 Å². The average Bonchev–Trinajstić information content (AvgIpc) is 3.04. The third-order valence-electron chi connectivity index (χ3n) is 4.78. The lowest BCUT2D eigenvalue weighted by atomic mass is 10.0. The number of benzene rings is 1. The normalized spacial score (nSPS) is 15.9. The van der Waals surface area contributed by atoms with Gasteiger partial charge < -0.3 is 15.0 Å². The van der Waals surface area contributed by atoms with Gasteiger partial charge in [-0.15, -0.1) is 23.1 Å². The predicted molar refractivity (Wildman–Crippen MR) is 110 cm³/mol. The van der Waals surface area contributed by atoms with Gasteiger partial charge in [-0.25, -0.2) is 4.79 Å². The number of amides is 1. The highest BCUT2D eigenvalue weighted by molar-refractivity contribution is 7.99. The molecule has 5 nitrogen and oxygen atoms in total. The molecule has 0 saturated heterocycles. The van der Waals surface area contributed by atoms with Crippen LogP contribution in [0.2, 0.25) is 0 Å². The number of esters is 1. The van der Waals surface area contributed by atoms with Gasteiger partial charge in [-0.05, 0) is 30.4 Å². The van der Waals surface area contributed by atoms with Crippen molar-refractivity contribution in [2.75, 3.05) is 31.3 Å². The van der Waals surface area contributed by atoms with Crippen LogP contribution in [0.25, 0.3) is 0 Å². The summed E-state index contributed by atoms with van der Waals surface area (Å²) in [6.07, 6.45) is 0.831. The van der Waals surface area contributed by atoms with Crippen LogP contribution in [-0.4, -0.2) is 37.8 Å². The summed E-state index contributed by atoms with van der Waals surface area (Å²) in [5.74, 6) is 0.328. The number of carbonyl (C=O) groups excluding carboxylic acids is 2. The monoisotopic (exact) mass is 405 g/mol. The van der Waals surface area contributed by atoms with E-state index in [9.17, 15) is 9.59 Å². The number of nitrogens with one attached hydrogen (secondary N) is 2. The predicted octanol–water partition coefficient (Wildman–Crippen LogP) is 2.86. The van der Waals surface area contributed by atoms with E-state index in [2.05, 4.69) is 19.2 Å². The molecule has 0 bridgehead atoms. The molecule has 1 aromatic heterocycles. The van der Waals surface area contributed by atoms with Crippen LogP contribution in [0.3, 0.4) is 0 Å². The van der Waals surface area contributed by atoms with Gasteiger partial charge in [-0.3, -0.25) is 4.79 Å². The van der Waals surface area contributed by atoms with Crippen molar-refractivity contribution in [3.63, 3.8) is 0 Å². The number of quaternary nitrogens is 1. The molecule has 27 heavy (non-hydrogen) atoms. The number of hydrogen-bond acceptors (Lipinski definition) is 5. The standard InChI is InChI=1S/C20H24N2O3S2/c1-4-22-11-10-13-16(12-22)27-19(17(13)20(24)25-3)21-18(23)14-8-6-7-9-15(14)26-5-2/h6-9H,4-5,10-12H2,1-3H3,(H,21,23)/p+1. The van der Waals surface area contributed by atoms with E-state index < -0.39 is 0 Å². The van der Waals surface area contributed by atoms with Gasteiger partial charge in [0.15, 0.2) is 0 Å². The highest BCUT2D eigenvalue weighted by Crippen LogP contribution is 2.36. The summed E-state index contributed by atoms with van der Waals surface area (Å²) in [6, 6.07) is 7.56. The van der Waals surface area contributed by atoms with Crippen LogP contribution >= 0.6 is 23.1 Å². The first-order chi connectivity index (χ1) is 13.1. The lowest BCUT2D eigenvalue weighted by Crippen LogP contribution is -3.11. The van der Waals surface area contributed by atoms with E-state index in [4.69, 9.17) is 4.74 Å². The summed E-state index contributed by atoms with van der Waals surface area (Å²) in [4.78, 5) is 29.0. The Kier molecular flexibility index (Phi) is 6.57. The number of thioether (sulfide) groups is 1. The molecule has 0 aliphatic carbocycles. The van der Waals surface area contributed by atoms with Crippen molar-refractivity contribution in [1.29, 1.82) is 0 Å². The van der Waals surface area contributed by atoms with Crippen molar-refractivity contribution >= 4 is 40.0 Å². The van der Waals surface area contributed by atoms with Crippen molar-refractivity contribution < 1.29 is 19.2 Å². The first-order valence-electron chi connectivity index (χ1n) is 9.18. The molecule has 1 aliphatic heterocycles. The molecule has 1 atom stereocenters. The largest absolute Gasteiger partial charge is 0.465 e. The number of anilines is 1. The molecule has 2 aromatic rings. The Balaban J connectivity index is 1.94. The number of fused-ring (bicyclic) bond motifs is 1. The number of ether oxygens (including phenoxy) is 1. The molecule has 2 heterocycles. The third-order valence-corrected chi connectivity index (χ3v) is 6.88. The summed E-state index contributed by atoms with van der Waals surface area (Å²) in [5, 5.41) is 3.59. The van der Waals surface area contributed by atoms with Crippen molar-refractivity contribution in [1.82, 2.24) is 0 Å². The minimum Gasteiger partial charge on any atom is -0.465 e. The minimum atomic E-state index is -0.376. The smallest absolute Gasteiger partial charge is 0.341 e. The van der Waals surface area contributed by atoms with Gasteiger partial charge in [0.05, 0.1) is 36.2 Å². The fourth-order valence-electron chi connectivity index (χ4n) is 3.35. The molecular formula is C20H25N2O3S2+. The van der Waals surface area contributed by atoms with Crippen LogP contribution in [-0.2, 0) is 17.7 Å². The quantitative estimate of drug-likeness (QED) is 0.573. The molecule has 1 amide bonds. The second-order valence-electron chi connectivity index (χ2n) is 6.36. The number of hydrogen-bond donors (Lipinski definition) is 2. The summed E-state index contributed by atoms with van der Waals surface area (Å²) in [7, 11) is 1.39. The van der Waals surface area contributed by atoms with Crippen LogP contribution in [0, 0.1) is 0 Å². The topological polar surface area (TPSA) is 59.8 Å². The first-order valence-corrected chi connectivity index (χ1v) is 11.0. The van der Waals surface area contributed by atoms with Gasteiger partial charge in [0.2, 0.25) is 0 Å². The maximum atomic E-state index is 12.9. The molecule has 7 heteroatoms. The van der Waals surface area contributed by atoms with E-state index in [0.717, 1.165) is 42.3 Å². The van der Waals surface area contributed by atoms with Gasteiger partial charge in [0.1, 0.15) is 11.5 Å². The Morgan fingerprint density at radius 2 is 2.07 bits per heavy atom. The third kappa shape index (κ3) is 4.20. The molecular weight excluding hydrogens is 380 g/mol. The number of rotatable bonds is 6. The maximum absolute atomic E-state index is 12.9. The first kappa shape index (κ1) is 19.9. The summed E-state index contributed by atoms with van der Waals surface area (Å²) >= 11 is 3.14. The maximum Gasteiger partial charge on any atom is 0.341 e. The highest BCUT2D eigenvalue weighted by atomic mass is 32.2. The number of methoxy groups -OCH3 is 1. The number of thiophene rings is 1. The molecule has 0 radical (unpaired) electrons. The van der Waals surface area contributed by atoms with E-state index in [0.29, 0.717) is 16.1 Å². The van der Waals surface area contributed by atoms with E-state index in [1.807, 2.05) is 24.3 Å². The fourth-order valence-corrected chi connectivity index (χ4v) is 5.45. The van der Waals surface area contributed by atoms with Gasteiger partial charge in [-0.1, -0.05) is 19.1 Å². The van der Waals surface area contributed by atoms with Crippen molar-refractivity contribution in [2.24, 2.45) is 0 Å². The van der Waals surface area contributed by atoms with Crippen molar-refractivity contribution in [2.45, 2.75) is 31.7 Å². The SMILES string of the molecule is CCSc1ccccc1C(=O)Nc1sc2c(c1C(=O)OC)CC[NH+](CC)C2. The Hall–Kier alpha value is -1.83. The fraction of sp³-hybridized carbons (Fsp3) is 0.400. The van der Waals surface area contributed by atoms with Crippen molar-refractivity contribution in [3.8, 4) is 0 Å². The second kappa shape index (κ2) is 8.91. The van der Waals surface area contributed by atoms with Gasteiger partial charge in [0.25, 0.3) is 5.91 Å². The van der Waals surface area contributed by atoms with Crippen LogP contribution < -0.4 is 10.2 Å². The zero-order chi connectivity index (χ0) is 19.4. The van der Waals surface area contributed by atoms with E-state index in [1.54, 1.807) is 11.8 Å².